The van der Waals surface area contributed by atoms with E-state index in [-0.39, 0.29) is 0 Å². The van der Waals surface area contributed by atoms with E-state index in [0.29, 0.717) is 50.7 Å². The third-order valence-electron chi connectivity index (χ3n) is 6.32. The van der Waals surface area contributed by atoms with Gasteiger partial charge in [0.1, 0.15) is 12.1 Å². The summed E-state index contributed by atoms with van der Waals surface area (Å²) in [5.41, 5.74) is 5.18. The van der Waals surface area contributed by atoms with Gasteiger partial charge in [-0.1, -0.05) is 12.1 Å². The van der Waals surface area contributed by atoms with Crippen molar-refractivity contribution in [2.75, 3.05) is 0 Å². The molecule has 0 N–H and O–H groups in total. The Kier molecular flexibility index (Phi) is 5.44. The molecule has 3 heterocycles. The highest BCUT2D eigenvalue weighted by Gasteiger charge is 2.19. The molecule has 3 aromatic heterocycles. The topological polar surface area (TPSA) is 152 Å². The molecule has 0 saturated carbocycles. The third-order valence-corrected chi connectivity index (χ3v) is 6.32. The van der Waals surface area contributed by atoms with Crippen LogP contribution >= 0.6 is 0 Å². The number of hydrogen-bond acceptors (Lipinski definition) is 8. The predicted molar refractivity (Wildman–Crippen MR) is 142 cm³/mol. The van der Waals surface area contributed by atoms with Gasteiger partial charge in [0.15, 0.2) is 11.6 Å². The summed E-state index contributed by atoms with van der Waals surface area (Å²) in [6, 6.07) is 25.0. The van der Waals surface area contributed by atoms with E-state index in [1.54, 1.807) is 12.1 Å². The van der Waals surface area contributed by atoms with E-state index in [1.807, 2.05) is 59.2 Å². The molecular weight excluding hydrogens is 486 g/mol. The van der Waals surface area contributed by atoms with Gasteiger partial charge in [0, 0.05) is 46.7 Å². The maximum atomic E-state index is 9.61. The number of aromatic nitrogens is 5. The van der Waals surface area contributed by atoms with Gasteiger partial charge in [-0.05, 0) is 42.5 Å². The molecule has 9 heteroatoms. The molecule has 39 heavy (non-hydrogen) atoms. The molecule has 0 aliphatic heterocycles. The Morgan fingerprint density at radius 1 is 0.513 bits per heavy atom. The van der Waals surface area contributed by atoms with Gasteiger partial charge in [-0.15, -0.1) is 0 Å². The number of rotatable bonds is 3. The number of nitrogens with zero attached hydrogens (tertiary/aromatic N) is 9. The van der Waals surface area contributed by atoms with E-state index >= 15 is 0 Å². The molecule has 9 nitrogen and oxygen atoms in total. The average molecular weight is 499 g/mol. The van der Waals surface area contributed by atoms with Gasteiger partial charge in [-0.25, -0.2) is 19.9 Å². The fraction of sp³-hybridized carbons (Fsp3) is 0. The van der Waals surface area contributed by atoms with Gasteiger partial charge in [0.05, 0.1) is 51.1 Å². The van der Waals surface area contributed by atoms with Crippen LogP contribution in [0.3, 0.4) is 0 Å². The molecule has 0 spiro atoms. The first-order valence-corrected chi connectivity index (χ1v) is 11.6. The van der Waals surface area contributed by atoms with Gasteiger partial charge in [-0.3, -0.25) is 0 Å². The highest BCUT2D eigenvalue weighted by Crippen LogP contribution is 2.37. The summed E-state index contributed by atoms with van der Waals surface area (Å²) in [6.07, 6.45) is 5.80. The Balaban J connectivity index is 1.69. The highest BCUT2D eigenvalue weighted by atomic mass is 15.0. The second-order valence-electron chi connectivity index (χ2n) is 8.57. The van der Waals surface area contributed by atoms with Crippen molar-refractivity contribution >= 4 is 21.8 Å². The Labute approximate surface area is 221 Å². The van der Waals surface area contributed by atoms with Crippen LogP contribution in [0.2, 0.25) is 0 Å². The van der Waals surface area contributed by atoms with Crippen LogP contribution in [0, 0.1) is 45.3 Å². The second kappa shape index (κ2) is 9.22. The standard InChI is InChI=1S/C30H13N9/c31-10-18-1-4-23-24-5-2-19(11-32)8-28(24)39(27(23)7-18)26-6-3-22(29-35-14-20(12-33)15-36-29)9-25(26)30-37-16-21(13-34)17-38-30/h1-9,14-17H. The molecule has 3 aromatic carbocycles. The first-order chi connectivity index (χ1) is 19.1. The van der Waals surface area contributed by atoms with Gasteiger partial charge < -0.3 is 4.57 Å². The van der Waals surface area contributed by atoms with E-state index in [0.717, 1.165) is 21.8 Å². The van der Waals surface area contributed by atoms with E-state index < -0.39 is 0 Å². The number of fused-ring (bicyclic) bond motifs is 3. The molecule has 0 unspecified atom stereocenters. The normalized spacial score (nSPS) is 10.5. The van der Waals surface area contributed by atoms with Crippen LogP contribution in [0.1, 0.15) is 22.3 Å². The lowest BCUT2D eigenvalue weighted by Crippen LogP contribution is -2.01. The smallest absolute Gasteiger partial charge is 0.161 e. The van der Waals surface area contributed by atoms with Crippen LogP contribution in [-0.4, -0.2) is 24.5 Å². The maximum Gasteiger partial charge on any atom is 0.161 e. The minimum Gasteiger partial charge on any atom is -0.308 e. The molecule has 0 atom stereocenters. The van der Waals surface area contributed by atoms with E-state index in [9.17, 15) is 15.8 Å². The number of nitriles is 4. The van der Waals surface area contributed by atoms with Crippen LogP contribution < -0.4 is 0 Å². The van der Waals surface area contributed by atoms with Crippen LogP contribution in [0.4, 0.5) is 0 Å². The Bertz CT molecular complexity index is 2020. The fourth-order valence-corrected chi connectivity index (χ4v) is 4.53. The van der Waals surface area contributed by atoms with Crippen LogP contribution in [0.25, 0.3) is 50.3 Å². The largest absolute Gasteiger partial charge is 0.308 e. The summed E-state index contributed by atoms with van der Waals surface area (Å²) in [5, 5.41) is 39.4. The molecule has 0 aliphatic carbocycles. The molecule has 0 amide bonds. The van der Waals surface area contributed by atoms with Crippen molar-refractivity contribution in [3.63, 3.8) is 0 Å². The zero-order valence-corrected chi connectivity index (χ0v) is 20.0. The monoisotopic (exact) mass is 499 g/mol. The summed E-state index contributed by atoms with van der Waals surface area (Å²) < 4.78 is 1.98. The molecule has 6 rings (SSSR count). The molecule has 0 radical (unpaired) electrons. The number of hydrogen-bond donors (Lipinski definition) is 0. The van der Waals surface area contributed by atoms with Crippen molar-refractivity contribution in [1.82, 2.24) is 24.5 Å². The zero-order valence-electron chi connectivity index (χ0n) is 20.0. The summed E-state index contributed by atoms with van der Waals surface area (Å²) in [7, 11) is 0. The summed E-state index contributed by atoms with van der Waals surface area (Å²) >= 11 is 0. The zero-order chi connectivity index (χ0) is 26.9. The molecule has 0 saturated heterocycles. The molecule has 0 bridgehead atoms. The van der Waals surface area contributed by atoms with E-state index in [2.05, 4.69) is 32.1 Å². The van der Waals surface area contributed by atoms with E-state index in [4.69, 9.17) is 5.26 Å². The number of benzene rings is 3. The Hall–Kier alpha value is -6.42. The third kappa shape index (κ3) is 3.86. The van der Waals surface area contributed by atoms with Crippen molar-refractivity contribution in [1.29, 1.82) is 21.0 Å². The van der Waals surface area contributed by atoms with E-state index in [1.165, 1.54) is 24.8 Å². The molecule has 0 aliphatic rings. The first kappa shape index (κ1) is 23.0. The molecule has 6 aromatic rings. The minimum atomic E-state index is 0.320. The molecule has 178 valence electrons. The van der Waals surface area contributed by atoms with Crippen molar-refractivity contribution in [2.45, 2.75) is 0 Å². The lowest BCUT2D eigenvalue weighted by Gasteiger charge is -2.15. The summed E-state index contributed by atoms with van der Waals surface area (Å²) in [5.74, 6) is 0.776. The molecule has 0 fully saturated rings. The maximum absolute atomic E-state index is 9.61. The van der Waals surface area contributed by atoms with Gasteiger partial charge >= 0.3 is 0 Å². The Morgan fingerprint density at radius 2 is 1.00 bits per heavy atom. The van der Waals surface area contributed by atoms with Crippen molar-refractivity contribution < 1.29 is 0 Å². The lowest BCUT2D eigenvalue weighted by molar-refractivity contribution is 1.12. The first-order valence-electron chi connectivity index (χ1n) is 11.6. The predicted octanol–water partition coefficient (Wildman–Crippen LogP) is 5.18. The van der Waals surface area contributed by atoms with Crippen molar-refractivity contribution in [3.05, 3.63) is 102 Å². The van der Waals surface area contributed by atoms with Gasteiger partial charge in [0.25, 0.3) is 0 Å². The average Bonchev–Trinajstić information content (AvgIpc) is 3.33. The van der Waals surface area contributed by atoms with Crippen LogP contribution in [-0.2, 0) is 0 Å². The quantitative estimate of drug-likeness (QED) is 0.323. The Morgan fingerprint density at radius 3 is 1.49 bits per heavy atom. The van der Waals surface area contributed by atoms with Crippen molar-refractivity contribution in [3.8, 4) is 52.7 Å². The second-order valence-corrected chi connectivity index (χ2v) is 8.57. The highest BCUT2D eigenvalue weighted by molar-refractivity contribution is 6.10. The lowest BCUT2D eigenvalue weighted by atomic mass is 10.1. The van der Waals surface area contributed by atoms with Gasteiger partial charge in [-0.2, -0.15) is 21.0 Å². The van der Waals surface area contributed by atoms with Crippen LogP contribution in [0.5, 0.6) is 0 Å². The minimum absolute atomic E-state index is 0.320. The van der Waals surface area contributed by atoms with Crippen molar-refractivity contribution in [2.24, 2.45) is 0 Å². The van der Waals surface area contributed by atoms with Gasteiger partial charge in [0.2, 0.25) is 0 Å². The SMILES string of the molecule is N#Cc1cnc(-c2ccc(-n3c4cc(C#N)ccc4c4ccc(C#N)cc43)c(-c3ncc(C#N)cn3)c2)nc1. The summed E-state index contributed by atoms with van der Waals surface area (Å²) in [6.45, 7) is 0. The molecular formula is C30H13N9. The summed E-state index contributed by atoms with van der Waals surface area (Å²) in [4.78, 5) is 17.5. The van der Waals surface area contributed by atoms with Crippen LogP contribution in [0.15, 0.2) is 79.4 Å². The fourth-order valence-electron chi connectivity index (χ4n) is 4.53.